The number of nitrogen functional groups attached to an aromatic ring is 3. The highest BCUT2D eigenvalue weighted by atomic mass is 15.0. The summed E-state index contributed by atoms with van der Waals surface area (Å²) in [6, 6.07) is 13.6. The molecule has 3 heterocycles. The van der Waals surface area contributed by atoms with Crippen LogP contribution in [0.2, 0.25) is 0 Å². The van der Waals surface area contributed by atoms with Gasteiger partial charge in [0.2, 0.25) is 0 Å². The second kappa shape index (κ2) is 5.75. The molecule has 5 aromatic rings. The Labute approximate surface area is 160 Å². The van der Waals surface area contributed by atoms with Crippen molar-refractivity contribution in [3.05, 3.63) is 54.9 Å². The van der Waals surface area contributed by atoms with Crippen molar-refractivity contribution in [1.82, 2.24) is 19.5 Å². The summed E-state index contributed by atoms with van der Waals surface area (Å²) in [6.07, 6.45) is 3.93. The summed E-state index contributed by atoms with van der Waals surface area (Å²) in [5, 5.41) is 2.05. The highest BCUT2D eigenvalue weighted by Gasteiger charge is 2.19. The van der Waals surface area contributed by atoms with Crippen molar-refractivity contribution in [2.45, 2.75) is 0 Å². The van der Waals surface area contributed by atoms with Gasteiger partial charge >= 0.3 is 0 Å². The number of rotatable bonds is 2. The first-order valence-electron chi connectivity index (χ1n) is 8.88. The predicted octanol–water partition coefficient (Wildman–Crippen LogP) is 3.53. The van der Waals surface area contributed by atoms with Gasteiger partial charge in [0.15, 0.2) is 5.82 Å². The molecule has 0 saturated heterocycles. The number of aryl methyl sites for hydroxylation is 1. The third-order valence-corrected chi connectivity index (χ3v) is 5.10. The lowest BCUT2D eigenvalue weighted by molar-refractivity contribution is 0.969. The zero-order chi connectivity index (χ0) is 19.4. The average molecular weight is 369 g/mol. The van der Waals surface area contributed by atoms with Crippen molar-refractivity contribution in [2.75, 3.05) is 17.2 Å². The Morgan fingerprint density at radius 3 is 2.54 bits per heavy atom. The Hall–Kier alpha value is -4.00. The molecule has 0 spiro atoms. The number of benzene rings is 2. The zero-order valence-corrected chi connectivity index (χ0v) is 15.3. The van der Waals surface area contributed by atoms with Crippen LogP contribution in [0.5, 0.6) is 0 Å². The minimum atomic E-state index is 0.384. The van der Waals surface area contributed by atoms with E-state index in [0.717, 1.165) is 27.5 Å². The Balaban J connectivity index is 1.86. The number of para-hydroxylation sites is 1. The molecule has 0 fully saturated rings. The summed E-state index contributed by atoms with van der Waals surface area (Å²) < 4.78 is 2.09. The first-order chi connectivity index (χ1) is 13.5. The first-order valence-corrected chi connectivity index (χ1v) is 8.88. The van der Waals surface area contributed by atoms with E-state index >= 15 is 0 Å². The number of nitrogens with zero attached hydrogens (tertiary/aromatic N) is 3. The smallest absolute Gasteiger partial charge is 0.166 e. The number of nitrogens with two attached hydrogens (primary N) is 3. The fourth-order valence-electron chi connectivity index (χ4n) is 3.69. The van der Waals surface area contributed by atoms with E-state index in [1.807, 2.05) is 31.4 Å². The van der Waals surface area contributed by atoms with Crippen LogP contribution >= 0.6 is 0 Å². The number of aromatic nitrogens is 4. The van der Waals surface area contributed by atoms with E-state index in [4.69, 9.17) is 22.2 Å². The summed E-state index contributed by atoms with van der Waals surface area (Å²) in [5.41, 5.74) is 24.0. The van der Waals surface area contributed by atoms with Crippen molar-refractivity contribution in [2.24, 2.45) is 7.05 Å². The molecule has 0 aliphatic carbocycles. The maximum atomic E-state index is 6.22. The topological polar surface area (TPSA) is 125 Å². The number of hydrogen-bond acceptors (Lipinski definition) is 5. The van der Waals surface area contributed by atoms with Gasteiger partial charge in [-0.3, -0.25) is 0 Å². The van der Waals surface area contributed by atoms with Gasteiger partial charge in [0.1, 0.15) is 5.65 Å². The molecule has 0 aliphatic rings. The van der Waals surface area contributed by atoms with Crippen LogP contribution in [0.1, 0.15) is 0 Å². The molecule has 0 atom stereocenters. The van der Waals surface area contributed by atoms with Gasteiger partial charge in [0.25, 0.3) is 0 Å². The molecule has 2 aromatic carbocycles. The molecule has 0 saturated carbocycles. The van der Waals surface area contributed by atoms with Crippen molar-refractivity contribution >= 4 is 39.0 Å². The van der Waals surface area contributed by atoms with Gasteiger partial charge in [-0.2, -0.15) is 0 Å². The fourth-order valence-corrected chi connectivity index (χ4v) is 3.69. The number of anilines is 3. The monoisotopic (exact) mass is 369 g/mol. The van der Waals surface area contributed by atoms with E-state index in [1.165, 1.54) is 0 Å². The first kappa shape index (κ1) is 16.2. The summed E-state index contributed by atoms with van der Waals surface area (Å²) in [6.45, 7) is 0. The van der Waals surface area contributed by atoms with Crippen molar-refractivity contribution in [3.63, 3.8) is 0 Å². The summed E-state index contributed by atoms with van der Waals surface area (Å²) in [7, 11) is 2.02. The Morgan fingerprint density at radius 2 is 1.68 bits per heavy atom. The lowest BCUT2D eigenvalue weighted by Gasteiger charge is -2.12. The Morgan fingerprint density at radius 1 is 0.893 bits per heavy atom. The van der Waals surface area contributed by atoms with Crippen LogP contribution < -0.4 is 17.2 Å². The van der Waals surface area contributed by atoms with E-state index in [2.05, 4.69) is 32.9 Å². The van der Waals surface area contributed by atoms with Gasteiger partial charge < -0.3 is 26.8 Å². The van der Waals surface area contributed by atoms with E-state index in [0.29, 0.717) is 34.1 Å². The second-order valence-electron chi connectivity index (χ2n) is 6.84. The van der Waals surface area contributed by atoms with Gasteiger partial charge in [0.05, 0.1) is 22.6 Å². The number of H-pyrrole nitrogens is 1. The van der Waals surface area contributed by atoms with Crippen LogP contribution in [0.4, 0.5) is 17.1 Å². The zero-order valence-electron chi connectivity index (χ0n) is 15.3. The standard InChI is InChI=1S/C21H19N7/c1-28-10-13(11-4-2-3-5-16(11)28)19-12-8-9-25-20(12)27-21(26-19)17-14(22)6-7-15(23)18(17)24/h2-10H,22-24H2,1H3,(H,25,26,27). The average Bonchev–Trinajstić information content (AvgIpc) is 3.29. The lowest BCUT2D eigenvalue weighted by Crippen LogP contribution is -2.04. The summed E-state index contributed by atoms with van der Waals surface area (Å²) >= 11 is 0. The molecular weight excluding hydrogens is 350 g/mol. The van der Waals surface area contributed by atoms with E-state index in [9.17, 15) is 0 Å². The summed E-state index contributed by atoms with van der Waals surface area (Å²) in [4.78, 5) is 12.7. The molecular formula is C21H19N7. The van der Waals surface area contributed by atoms with Crippen LogP contribution in [-0.4, -0.2) is 19.5 Å². The van der Waals surface area contributed by atoms with E-state index in [-0.39, 0.29) is 0 Å². The number of aromatic amines is 1. The summed E-state index contributed by atoms with van der Waals surface area (Å²) in [5.74, 6) is 0.445. The lowest BCUT2D eigenvalue weighted by atomic mass is 10.1. The highest BCUT2D eigenvalue weighted by Crippen LogP contribution is 2.38. The maximum absolute atomic E-state index is 6.22. The van der Waals surface area contributed by atoms with E-state index in [1.54, 1.807) is 12.1 Å². The Kier molecular flexibility index (Phi) is 3.33. The van der Waals surface area contributed by atoms with Crippen LogP contribution in [0, 0.1) is 0 Å². The molecule has 7 nitrogen and oxygen atoms in total. The molecule has 0 bridgehead atoms. The Bertz CT molecular complexity index is 1360. The van der Waals surface area contributed by atoms with Crippen molar-refractivity contribution in [3.8, 4) is 22.6 Å². The predicted molar refractivity (Wildman–Crippen MR) is 114 cm³/mol. The molecule has 5 rings (SSSR count). The number of hydrogen-bond donors (Lipinski definition) is 4. The minimum Gasteiger partial charge on any atom is -0.398 e. The molecule has 3 aromatic heterocycles. The second-order valence-corrected chi connectivity index (χ2v) is 6.84. The largest absolute Gasteiger partial charge is 0.398 e. The molecule has 28 heavy (non-hydrogen) atoms. The molecule has 0 unspecified atom stereocenters. The normalized spacial score (nSPS) is 11.5. The van der Waals surface area contributed by atoms with E-state index < -0.39 is 0 Å². The van der Waals surface area contributed by atoms with Gasteiger partial charge in [-0.05, 0) is 24.3 Å². The third-order valence-electron chi connectivity index (χ3n) is 5.10. The highest BCUT2D eigenvalue weighted by molar-refractivity contribution is 6.03. The molecule has 0 amide bonds. The van der Waals surface area contributed by atoms with Crippen molar-refractivity contribution < 1.29 is 0 Å². The molecule has 0 radical (unpaired) electrons. The quantitative estimate of drug-likeness (QED) is 0.354. The van der Waals surface area contributed by atoms with Gasteiger partial charge in [0, 0.05) is 47.0 Å². The van der Waals surface area contributed by atoms with Crippen molar-refractivity contribution in [1.29, 1.82) is 0 Å². The third kappa shape index (κ3) is 2.23. The van der Waals surface area contributed by atoms with Crippen LogP contribution in [0.15, 0.2) is 54.9 Å². The van der Waals surface area contributed by atoms with Crippen LogP contribution in [-0.2, 0) is 7.05 Å². The SMILES string of the molecule is Cn1cc(-c2nc(-c3c(N)ccc(N)c3N)nc3[nH]ccc23)c2ccccc21. The number of fused-ring (bicyclic) bond motifs is 2. The van der Waals surface area contributed by atoms with Gasteiger partial charge in [-0.15, -0.1) is 0 Å². The molecule has 0 aliphatic heterocycles. The van der Waals surface area contributed by atoms with Crippen LogP contribution in [0.3, 0.4) is 0 Å². The molecule has 7 heteroatoms. The fraction of sp³-hybridized carbons (Fsp3) is 0.0476. The van der Waals surface area contributed by atoms with Gasteiger partial charge in [-0.1, -0.05) is 18.2 Å². The molecule has 138 valence electrons. The number of nitrogens with one attached hydrogen (secondary N) is 1. The minimum absolute atomic E-state index is 0.384. The molecule has 7 N–H and O–H groups in total. The van der Waals surface area contributed by atoms with Crippen LogP contribution in [0.25, 0.3) is 44.6 Å². The van der Waals surface area contributed by atoms with Gasteiger partial charge in [-0.25, -0.2) is 9.97 Å². The maximum Gasteiger partial charge on any atom is 0.166 e.